The van der Waals surface area contributed by atoms with Gasteiger partial charge in [-0.2, -0.15) is 0 Å². The van der Waals surface area contributed by atoms with Crippen LogP contribution >= 0.6 is 0 Å². The van der Waals surface area contributed by atoms with Gasteiger partial charge in [0.2, 0.25) is 5.91 Å². The van der Waals surface area contributed by atoms with Gasteiger partial charge in [0, 0.05) is 6.54 Å². The van der Waals surface area contributed by atoms with E-state index in [2.05, 4.69) is 5.32 Å². The second-order valence-electron chi connectivity index (χ2n) is 3.15. The topological polar surface area (TPSA) is 89.3 Å². The second-order valence-corrected chi connectivity index (χ2v) is 5.57. The Morgan fingerprint density at radius 1 is 1.50 bits per heavy atom. The van der Waals surface area contributed by atoms with Crippen LogP contribution in [0.5, 0.6) is 0 Å². The minimum Gasteiger partial charge on any atom is -0.356 e. The first kappa shape index (κ1) is 13.4. The van der Waals surface area contributed by atoms with Gasteiger partial charge in [-0.3, -0.25) is 4.79 Å². The van der Waals surface area contributed by atoms with E-state index in [4.69, 9.17) is 5.73 Å². The molecule has 0 aromatic rings. The molecule has 5 nitrogen and oxygen atoms in total. The van der Waals surface area contributed by atoms with Crippen LogP contribution in [-0.2, 0) is 14.6 Å². The van der Waals surface area contributed by atoms with Crippen LogP contribution in [0.4, 0.5) is 0 Å². The molecule has 0 aromatic carbocycles. The maximum Gasteiger partial charge on any atom is 0.235 e. The average Bonchev–Trinajstić information content (AvgIpc) is 2.03. The maximum atomic E-state index is 11.5. The molecular formula is C8H18N2O3S. The van der Waals surface area contributed by atoms with Gasteiger partial charge in [-0.1, -0.05) is 0 Å². The van der Waals surface area contributed by atoms with E-state index in [-0.39, 0.29) is 0 Å². The van der Waals surface area contributed by atoms with Crippen molar-refractivity contribution in [1.29, 1.82) is 0 Å². The Hall–Kier alpha value is -0.620. The molecule has 0 saturated carbocycles. The molecule has 0 aliphatic rings. The highest BCUT2D eigenvalue weighted by Crippen LogP contribution is 2.05. The van der Waals surface area contributed by atoms with Crippen LogP contribution in [0, 0.1) is 0 Å². The van der Waals surface area contributed by atoms with Crippen LogP contribution in [0.3, 0.4) is 0 Å². The van der Waals surface area contributed by atoms with Crippen molar-refractivity contribution >= 4 is 15.7 Å². The number of hydrogen-bond donors (Lipinski definition) is 2. The van der Waals surface area contributed by atoms with Crippen LogP contribution in [0.25, 0.3) is 0 Å². The van der Waals surface area contributed by atoms with Gasteiger partial charge < -0.3 is 11.1 Å². The molecule has 3 N–H and O–H groups in total. The molecule has 1 unspecified atom stereocenters. The van der Waals surface area contributed by atoms with Crippen molar-refractivity contribution in [1.82, 2.24) is 5.32 Å². The lowest BCUT2D eigenvalue weighted by atomic mass is 10.3. The summed E-state index contributed by atoms with van der Waals surface area (Å²) in [5, 5.41) is 1.90. The smallest absolute Gasteiger partial charge is 0.235 e. The van der Waals surface area contributed by atoms with Crippen molar-refractivity contribution in [2.75, 3.05) is 18.8 Å². The van der Waals surface area contributed by atoms with Gasteiger partial charge in [0.15, 0.2) is 9.84 Å². The van der Waals surface area contributed by atoms with Crippen LogP contribution in [0.1, 0.15) is 20.3 Å². The third-order valence-electron chi connectivity index (χ3n) is 1.89. The third-order valence-corrected chi connectivity index (χ3v) is 4.02. The zero-order valence-corrected chi connectivity index (χ0v) is 9.43. The number of amides is 1. The van der Waals surface area contributed by atoms with Gasteiger partial charge in [-0.25, -0.2) is 8.42 Å². The van der Waals surface area contributed by atoms with Crippen LogP contribution < -0.4 is 11.1 Å². The van der Waals surface area contributed by atoms with Crippen molar-refractivity contribution in [3.05, 3.63) is 0 Å². The largest absolute Gasteiger partial charge is 0.356 e. The summed E-state index contributed by atoms with van der Waals surface area (Å²) in [6.07, 6.45) is 0.391. The van der Waals surface area contributed by atoms with Gasteiger partial charge in [0.25, 0.3) is 0 Å². The highest BCUT2D eigenvalue weighted by atomic mass is 32.2. The Morgan fingerprint density at radius 3 is 2.50 bits per heavy atom. The molecule has 1 amide bonds. The summed E-state index contributed by atoms with van der Waals surface area (Å²) in [7, 11) is -3.34. The second kappa shape index (κ2) is 5.98. The summed E-state index contributed by atoms with van der Waals surface area (Å²) in [6.45, 7) is 4.07. The number of hydrogen-bond acceptors (Lipinski definition) is 4. The van der Waals surface area contributed by atoms with Crippen molar-refractivity contribution in [3.8, 4) is 0 Å². The van der Waals surface area contributed by atoms with Crippen LogP contribution in [0.2, 0.25) is 0 Å². The Labute approximate surface area is 85.0 Å². The van der Waals surface area contributed by atoms with E-state index in [9.17, 15) is 13.2 Å². The SMILES string of the molecule is CCNC(=O)CS(=O)(=O)C(C)CCN. The predicted octanol–water partition coefficient (Wildman–Crippen LogP) is -0.725. The lowest BCUT2D eigenvalue weighted by molar-refractivity contribution is -0.118. The van der Waals surface area contributed by atoms with E-state index in [0.29, 0.717) is 19.5 Å². The number of carbonyl (C=O) groups excluding carboxylic acids is 1. The summed E-state index contributed by atoms with van der Waals surface area (Å²) >= 11 is 0. The first-order valence-electron chi connectivity index (χ1n) is 4.62. The number of nitrogens with two attached hydrogens (primary N) is 1. The molecule has 0 aliphatic carbocycles. The quantitative estimate of drug-likeness (QED) is 0.620. The summed E-state index contributed by atoms with van der Waals surface area (Å²) in [4.78, 5) is 11.0. The molecule has 0 bridgehead atoms. The Bertz CT molecular complexity index is 274. The van der Waals surface area contributed by atoms with Gasteiger partial charge in [-0.15, -0.1) is 0 Å². The molecule has 0 aliphatic heterocycles. The zero-order chi connectivity index (χ0) is 11.2. The monoisotopic (exact) mass is 222 g/mol. The first-order valence-corrected chi connectivity index (χ1v) is 6.34. The lowest BCUT2D eigenvalue weighted by Crippen LogP contribution is -2.34. The standard InChI is InChI=1S/C8H18N2O3S/c1-3-10-8(11)6-14(12,13)7(2)4-5-9/h7H,3-6,9H2,1-2H3,(H,10,11). The third kappa shape index (κ3) is 4.57. The minimum atomic E-state index is -3.34. The highest BCUT2D eigenvalue weighted by molar-refractivity contribution is 7.92. The minimum absolute atomic E-state index is 0.315. The summed E-state index contributed by atoms with van der Waals surface area (Å²) in [6, 6.07) is 0. The molecule has 0 aromatic heterocycles. The number of rotatable bonds is 6. The van der Waals surface area contributed by atoms with Gasteiger partial charge in [-0.05, 0) is 26.8 Å². The number of sulfone groups is 1. The van der Waals surface area contributed by atoms with Crippen molar-refractivity contribution in [2.45, 2.75) is 25.5 Å². The fourth-order valence-electron chi connectivity index (χ4n) is 0.987. The van der Waals surface area contributed by atoms with Crippen molar-refractivity contribution in [2.24, 2.45) is 5.73 Å². The van der Waals surface area contributed by atoms with Gasteiger partial charge in [0.05, 0.1) is 5.25 Å². The molecule has 6 heteroatoms. The normalized spacial score (nSPS) is 13.6. The van der Waals surface area contributed by atoms with E-state index >= 15 is 0 Å². The molecule has 1 atom stereocenters. The summed E-state index contributed by atoms with van der Waals surface area (Å²) in [5.41, 5.74) is 5.25. The molecule has 0 heterocycles. The molecule has 0 radical (unpaired) electrons. The molecule has 0 saturated heterocycles. The molecule has 0 spiro atoms. The number of carbonyl (C=O) groups is 1. The molecule has 14 heavy (non-hydrogen) atoms. The Balaban J connectivity index is 4.27. The first-order chi connectivity index (χ1) is 6.44. The van der Waals surface area contributed by atoms with Crippen LogP contribution in [0.15, 0.2) is 0 Å². The van der Waals surface area contributed by atoms with Gasteiger partial charge >= 0.3 is 0 Å². The molecule has 0 fully saturated rings. The number of nitrogens with one attached hydrogen (secondary N) is 1. The molecular weight excluding hydrogens is 204 g/mol. The van der Waals surface area contributed by atoms with E-state index in [0.717, 1.165) is 0 Å². The van der Waals surface area contributed by atoms with E-state index in [1.807, 2.05) is 0 Å². The predicted molar refractivity (Wildman–Crippen MR) is 55.6 cm³/mol. The maximum absolute atomic E-state index is 11.5. The average molecular weight is 222 g/mol. The molecule has 0 rings (SSSR count). The fraction of sp³-hybridized carbons (Fsp3) is 0.875. The van der Waals surface area contributed by atoms with Crippen LogP contribution in [-0.4, -0.2) is 38.4 Å². The lowest BCUT2D eigenvalue weighted by Gasteiger charge is -2.10. The Morgan fingerprint density at radius 2 is 2.07 bits per heavy atom. The van der Waals surface area contributed by atoms with E-state index in [1.54, 1.807) is 13.8 Å². The zero-order valence-electron chi connectivity index (χ0n) is 8.62. The molecule has 84 valence electrons. The Kier molecular flexibility index (Phi) is 5.71. The van der Waals surface area contributed by atoms with E-state index < -0.39 is 26.7 Å². The van der Waals surface area contributed by atoms with Gasteiger partial charge in [0.1, 0.15) is 5.75 Å². The van der Waals surface area contributed by atoms with E-state index in [1.165, 1.54) is 0 Å². The van der Waals surface area contributed by atoms with Crippen molar-refractivity contribution in [3.63, 3.8) is 0 Å². The highest BCUT2D eigenvalue weighted by Gasteiger charge is 2.23. The summed E-state index contributed by atoms with van der Waals surface area (Å²) in [5.74, 6) is -0.890. The van der Waals surface area contributed by atoms with Crippen molar-refractivity contribution < 1.29 is 13.2 Å². The summed E-state index contributed by atoms with van der Waals surface area (Å²) < 4.78 is 23.0. The fourth-order valence-corrected chi connectivity index (χ4v) is 2.23.